The van der Waals surface area contributed by atoms with E-state index < -0.39 is 0 Å². The minimum absolute atomic E-state index is 1.13. The fraction of sp³-hybridized carbons (Fsp3) is 0.0526. The quantitative estimate of drug-likeness (QED) is 0.353. The molecule has 21 heavy (non-hydrogen) atoms. The first kappa shape index (κ1) is 13.1. The molecule has 0 radical (unpaired) electrons. The molecule has 3 aromatic carbocycles. The van der Waals surface area contributed by atoms with Gasteiger partial charge < -0.3 is 0 Å². The predicted octanol–water partition coefficient (Wildman–Crippen LogP) is 6.79. The number of halogens is 1. The van der Waals surface area contributed by atoms with Gasteiger partial charge in [-0.25, -0.2) is 0 Å². The highest BCUT2D eigenvalue weighted by molar-refractivity contribution is 9.10. The maximum Gasteiger partial charge on any atom is 0.0433 e. The Balaban J connectivity index is 2.12. The molecule has 0 unspecified atom stereocenters. The fourth-order valence-corrected chi connectivity index (χ4v) is 4.44. The zero-order valence-electron chi connectivity index (χ0n) is 11.6. The summed E-state index contributed by atoms with van der Waals surface area (Å²) in [6.45, 7) is 2.17. The van der Waals surface area contributed by atoms with Crippen LogP contribution in [-0.2, 0) is 0 Å². The van der Waals surface area contributed by atoms with Crippen LogP contribution in [-0.4, -0.2) is 0 Å². The van der Waals surface area contributed by atoms with Gasteiger partial charge in [0.15, 0.2) is 0 Å². The van der Waals surface area contributed by atoms with Crippen LogP contribution in [0.2, 0.25) is 0 Å². The molecule has 0 fully saturated rings. The largest absolute Gasteiger partial charge is 0.135 e. The summed E-state index contributed by atoms with van der Waals surface area (Å²) in [5, 5.41) is 2.71. The molecule has 1 aromatic heterocycles. The van der Waals surface area contributed by atoms with Gasteiger partial charge in [-0.2, -0.15) is 0 Å². The van der Waals surface area contributed by atoms with Crippen molar-refractivity contribution in [3.05, 3.63) is 70.7 Å². The minimum atomic E-state index is 1.13. The maximum atomic E-state index is 3.60. The molecule has 4 aromatic rings. The Morgan fingerprint density at radius 2 is 1.62 bits per heavy atom. The number of thiophene rings is 1. The topological polar surface area (TPSA) is 0 Å². The molecule has 0 N–H and O–H groups in total. The highest BCUT2D eigenvalue weighted by Gasteiger charge is 2.11. The lowest BCUT2D eigenvalue weighted by molar-refractivity contribution is 1.45. The van der Waals surface area contributed by atoms with Gasteiger partial charge in [0, 0.05) is 24.6 Å². The molecule has 1 heterocycles. The van der Waals surface area contributed by atoms with Gasteiger partial charge in [0.05, 0.1) is 0 Å². The van der Waals surface area contributed by atoms with Crippen molar-refractivity contribution in [1.29, 1.82) is 0 Å². The number of hydrogen-bond donors (Lipinski definition) is 0. The number of hydrogen-bond acceptors (Lipinski definition) is 1. The van der Waals surface area contributed by atoms with Crippen LogP contribution >= 0.6 is 27.3 Å². The molecule has 0 amide bonds. The zero-order chi connectivity index (χ0) is 14.4. The molecule has 0 aliphatic rings. The van der Waals surface area contributed by atoms with Crippen molar-refractivity contribution in [3.63, 3.8) is 0 Å². The second-order valence-electron chi connectivity index (χ2n) is 5.24. The van der Waals surface area contributed by atoms with Gasteiger partial charge in [-0.05, 0) is 41.8 Å². The summed E-state index contributed by atoms with van der Waals surface area (Å²) in [6, 6.07) is 21.8. The first-order chi connectivity index (χ1) is 10.2. The van der Waals surface area contributed by atoms with E-state index in [2.05, 4.69) is 83.5 Å². The van der Waals surface area contributed by atoms with Crippen molar-refractivity contribution in [1.82, 2.24) is 0 Å². The van der Waals surface area contributed by atoms with Crippen LogP contribution in [0.25, 0.3) is 31.3 Å². The molecular weight excluding hydrogens is 340 g/mol. The Hall–Kier alpha value is -1.64. The Kier molecular flexibility index (Phi) is 3.09. The third kappa shape index (κ3) is 2.10. The van der Waals surface area contributed by atoms with Crippen LogP contribution in [0.3, 0.4) is 0 Å². The summed E-state index contributed by atoms with van der Waals surface area (Å²) < 4.78 is 3.86. The molecule has 0 aliphatic carbocycles. The zero-order valence-corrected chi connectivity index (χ0v) is 14.0. The number of aryl methyl sites for hydroxylation is 1. The molecular formula is C19H13BrS. The van der Waals surface area contributed by atoms with Gasteiger partial charge >= 0.3 is 0 Å². The summed E-state index contributed by atoms with van der Waals surface area (Å²) in [6.07, 6.45) is 0. The van der Waals surface area contributed by atoms with Crippen LogP contribution in [0.15, 0.2) is 65.1 Å². The van der Waals surface area contributed by atoms with E-state index in [-0.39, 0.29) is 0 Å². The second kappa shape index (κ2) is 4.97. The normalized spacial score (nSPS) is 11.3. The van der Waals surface area contributed by atoms with E-state index in [1.807, 2.05) is 11.3 Å². The highest BCUT2D eigenvalue weighted by atomic mass is 79.9. The molecule has 2 heteroatoms. The lowest BCUT2D eigenvalue weighted by Crippen LogP contribution is -1.83. The third-order valence-electron chi connectivity index (χ3n) is 3.89. The van der Waals surface area contributed by atoms with E-state index in [0.717, 1.165) is 4.47 Å². The van der Waals surface area contributed by atoms with E-state index in [1.165, 1.54) is 36.9 Å². The van der Waals surface area contributed by atoms with E-state index in [1.54, 1.807) is 0 Å². The Bertz CT molecular complexity index is 966. The average molecular weight is 353 g/mol. The molecule has 0 bridgehead atoms. The smallest absolute Gasteiger partial charge is 0.0433 e. The van der Waals surface area contributed by atoms with Crippen LogP contribution in [0.1, 0.15) is 5.56 Å². The van der Waals surface area contributed by atoms with Crippen molar-refractivity contribution in [2.75, 3.05) is 0 Å². The Morgan fingerprint density at radius 1 is 0.810 bits per heavy atom. The molecule has 0 saturated carbocycles. The van der Waals surface area contributed by atoms with Crippen LogP contribution in [0, 0.1) is 6.92 Å². The maximum absolute atomic E-state index is 3.60. The van der Waals surface area contributed by atoms with Gasteiger partial charge in [-0.1, -0.05) is 58.4 Å². The standard InChI is InChI=1S/C19H13BrS/c1-12-9-10-13(20)11-17(12)16-7-4-6-15-14-5-2-3-8-18(14)21-19(15)16/h2-11H,1H3. The molecule has 102 valence electrons. The van der Waals surface area contributed by atoms with E-state index in [0.29, 0.717) is 0 Å². The Morgan fingerprint density at radius 3 is 2.52 bits per heavy atom. The van der Waals surface area contributed by atoms with Gasteiger partial charge in [0.25, 0.3) is 0 Å². The van der Waals surface area contributed by atoms with Gasteiger partial charge in [-0.15, -0.1) is 11.3 Å². The SMILES string of the molecule is Cc1ccc(Br)cc1-c1cccc2c1sc1ccccc12. The van der Waals surface area contributed by atoms with Crippen molar-refractivity contribution in [2.45, 2.75) is 6.92 Å². The summed E-state index contributed by atoms with van der Waals surface area (Å²) in [4.78, 5) is 0. The summed E-state index contributed by atoms with van der Waals surface area (Å²) in [5.74, 6) is 0. The molecule has 0 aliphatic heterocycles. The van der Waals surface area contributed by atoms with Crippen molar-refractivity contribution >= 4 is 47.4 Å². The summed E-state index contributed by atoms with van der Waals surface area (Å²) in [5.41, 5.74) is 3.94. The predicted molar refractivity (Wildman–Crippen MR) is 97.2 cm³/mol. The van der Waals surface area contributed by atoms with Crippen LogP contribution in [0.4, 0.5) is 0 Å². The van der Waals surface area contributed by atoms with Crippen LogP contribution in [0.5, 0.6) is 0 Å². The third-order valence-corrected chi connectivity index (χ3v) is 5.61. The van der Waals surface area contributed by atoms with Crippen molar-refractivity contribution in [2.24, 2.45) is 0 Å². The van der Waals surface area contributed by atoms with Gasteiger partial charge in [-0.3, -0.25) is 0 Å². The van der Waals surface area contributed by atoms with Crippen molar-refractivity contribution in [3.8, 4) is 11.1 Å². The number of fused-ring (bicyclic) bond motifs is 3. The first-order valence-corrected chi connectivity index (χ1v) is 8.52. The molecule has 4 rings (SSSR count). The average Bonchev–Trinajstić information content (AvgIpc) is 2.88. The van der Waals surface area contributed by atoms with Crippen molar-refractivity contribution < 1.29 is 0 Å². The van der Waals surface area contributed by atoms with E-state index in [9.17, 15) is 0 Å². The molecule has 0 atom stereocenters. The molecule has 0 saturated heterocycles. The van der Waals surface area contributed by atoms with E-state index >= 15 is 0 Å². The first-order valence-electron chi connectivity index (χ1n) is 6.91. The summed E-state index contributed by atoms with van der Waals surface area (Å²) >= 11 is 5.48. The fourth-order valence-electron chi connectivity index (χ4n) is 2.84. The lowest BCUT2D eigenvalue weighted by Gasteiger charge is -2.08. The highest BCUT2D eigenvalue weighted by Crippen LogP contribution is 2.40. The Labute approximate surface area is 136 Å². The molecule has 0 nitrogen and oxygen atoms in total. The van der Waals surface area contributed by atoms with E-state index in [4.69, 9.17) is 0 Å². The minimum Gasteiger partial charge on any atom is -0.135 e. The van der Waals surface area contributed by atoms with Crippen LogP contribution < -0.4 is 0 Å². The molecule has 0 spiro atoms. The second-order valence-corrected chi connectivity index (χ2v) is 7.21. The number of rotatable bonds is 1. The van der Waals surface area contributed by atoms with Gasteiger partial charge in [0.1, 0.15) is 0 Å². The lowest BCUT2D eigenvalue weighted by atomic mass is 9.99. The monoisotopic (exact) mass is 352 g/mol. The van der Waals surface area contributed by atoms with Gasteiger partial charge in [0.2, 0.25) is 0 Å². The number of benzene rings is 3. The summed E-state index contributed by atoms with van der Waals surface area (Å²) in [7, 11) is 0.